The maximum absolute atomic E-state index is 13.1. The summed E-state index contributed by atoms with van der Waals surface area (Å²) in [5.74, 6) is -0.791. The van der Waals surface area contributed by atoms with Crippen LogP contribution < -0.4 is 0 Å². The first-order chi connectivity index (χ1) is 8.49. The maximum atomic E-state index is 13.1. The van der Waals surface area contributed by atoms with Crippen molar-refractivity contribution in [3.63, 3.8) is 0 Å². The Balaban J connectivity index is 2.41. The van der Waals surface area contributed by atoms with E-state index in [4.69, 9.17) is 23.2 Å². The lowest BCUT2D eigenvalue weighted by molar-refractivity contribution is 0.620. The van der Waals surface area contributed by atoms with E-state index in [1.54, 1.807) is 12.1 Å². The molecule has 2 rings (SSSR count). The molecule has 0 heterocycles. The van der Waals surface area contributed by atoms with Gasteiger partial charge in [0.05, 0.1) is 9.85 Å². The SMILES string of the molecule is Fc1ccc(C(Cl)c2ccc(F)c(Br)c2)c(Cl)c1. The van der Waals surface area contributed by atoms with Crippen molar-refractivity contribution in [1.82, 2.24) is 0 Å². The van der Waals surface area contributed by atoms with Crippen molar-refractivity contribution in [3.8, 4) is 0 Å². The van der Waals surface area contributed by atoms with Crippen molar-refractivity contribution in [2.45, 2.75) is 5.38 Å². The number of hydrogen-bond donors (Lipinski definition) is 0. The molecule has 2 aromatic carbocycles. The Labute approximate surface area is 122 Å². The van der Waals surface area contributed by atoms with Gasteiger partial charge in [0.15, 0.2) is 0 Å². The molecule has 18 heavy (non-hydrogen) atoms. The second-order valence-corrected chi connectivity index (χ2v) is 5.40. The van der Waals surface area contributed by atoms with Crippen LogP contribution in [0.15, 0.2) is 40.9 Å². The molecule has 0 aliphatic carbocycles. The van der Waals surface area contributed by atoms with Gasteiger partial charge in [0.25, 0.3) is 0 Å². The van der Waals surface area contributed by atoms with Crippen LogP contribution >= 0.6 is 39.1 Å². The lowest BCUT2D eigenvalue weighted by atomic mass is 10.0. The maximum Gasteiger partial charge on any atom is 0.137 e. The first kappa shape index (κ1) is 13.8. The summed E-state index contributed by atoms with van der Waals surface area (Å²) in [5, 5.41) is -0.314. The molecular formula is C13H7BrCl2F2. The van der Waals surface area contributed by atoms with Crippen LogP contribution in [-0.4, -0.2) is 0 Å². The van der Waals surface area contributed by atoms with E-state index in [1.165, 1.54) is 24.3 Å². The van der Waals surface area contributed by atoms with Gasteiger partial charge in [-0.15, -0.1) is 11.6 Å². The molecule has 0 amide bonds. The zero-order chi connectivity index (χ0) is 13.3. The minimum Gasteiger partial charge on any atom is -0.207 e. The Bertz CT molecular complexity index is 587. The van der Waals surface area contributed by atoms with E-state index in [1.807, 2.05) is 0 Å². The van der Waals surface area contributed by atoms with Crippen LogP contribution in [-0.2, 0) is 0 Å². The molecule has 1 atom stereocenters. The average Bonchev–Trinajstić information content (AvgIpc) is 2.32. The number of alkyl halides is 1. The van der Waals surface area contributed by atoms with Crippen molar-refractivity contribution in [2.24, 2.45) is 0 Å². The molecule has 1 unspecified atom stereocenters. The quantitative estimate of drug-likeness (QED) is 0.608. The lowest BCUT2D eigenvalue weighted by Gasteiger charge is -2.12. The van der Waals surface area contributed by atoms with E-state index >= 15 is 0 Å². The molecule has 0 saturated heterocycles. The molecule has 2 aromatic rings. The van der Waals surface area contributed by atoms with Crippen molar-refractivity contribution in [2.75, 3.05) is 0 Å². The molecule has 0 fully saturated rings. The summed E-state index contributed by atoms with van der Waals surface area (Å²) in [7, 11) is 0. The summed E-state index contributed by atoms with van der Waals surface area (Å²) in [6, 6.07) is 8.46. The zero-order valence-electron chi connectivity index (χ0n) is 8.93. The number of benzene rings is 2. The van der Waals surface area contributed by atoms with Gasteiger partial charge >= 0.3 is 0 Å². The number of halogens is 5. The molecule has 0 N–H and O–H groups in total. The molecule has 94 valence electrons. The molecule has 0 nitrogen and oxygen atoms in total. The van der Waals surface area contributed by atoms with Gasteiger partial charge in [-0.05, 0) is 51.3 Å². The third kappa shape index (κ3) is 2.85. The van der Waals surface area contributed by atoms with Crippen LogP contribution in [0.4, 0.5) is 8.78 Å². The second-order valence-electron chi connectivity index (χ2n) is 3.70. The van der Waals surface area contributed by atoms with E-state index < -0.39 is 11.2 Å². The van der Waals surface area contributed by atoms with E-state index in [0.29, 0.717) is 15.6 Å². The van der Waals surface area contributed by atoms with Crippen LogP contribution in [0.1, 0.15) is 16.5 Å². The van der Waals surface area contributed by atoms with Crippen LogP contribution in [0.5, 0.6) is 0 Å². The third-order valence-electron chi connectivity index (χ3n) is 2.47. The van der Waals surface area contributed by atoms with Gasteiger partial charge in [-0.3, -0.25) is 0 Å². The molecule has 0 bridgehead atoms. The molecule has 0 aliphatic heterocycles. The Morgan fingerprint density at radius 3 is 2.39 bits per heavy atom. The summed E-state index contributed by atoms with van der Waals surface area (Å²) < 4.78 is 26.4. The monoisotopic (exact) mass is 350 g/mol. The Hall–Kier alpha value is -0.640. The average molecular weight is 352 g/mol. The first-order valence-electron chi connectivity index (χ1n) is 5.03. The van der Waals surface area contributed by atoms with Crippen molar-refractivity contribution < 1.29 is 8.78 Å². The molecular weight excluding hydrogens is 345 g/mol. The Kier molecular flexibility index (Phi) is 4.25. The fraction of sp³-hybridized carbons (Fsp3) is 0.0769. The highest BCUT2D eigenvalue weighted by Crippen LogP contribution is 2.35. The molecule has 5 heteroatoms. The standard InChI is InChI=1S/C13H7BrCl2F2/c14-10-5-7(1-4-12(10)18)13(16)9-3-2-8(17)6-11(9)15/h1-6,13H. The predicted octanol–water partition coefficient (Wildman–Crippen LogP) is 5.71. The van der Waals surface area contributed by atoms with Gasteiger partial charge in [-0.1, -0.05) is 23.7 Å². The summed E-state index contributed by atoms with van der Waals surface area (Å²) in [5.41, 5.74) is 1.26. The molecule has 0 radical (unpaired) electrons. The molecule has 0 aliphatic rings. The highest BCUT2D eigenvalue weighted by Gasteiger charge is 2.16. The minimum atomic E-state index is -0.560. The summed E-state index contributed by atoms with van der Waals surface area (Å²) in [6.45, 7) is 0. The summed E-state index contributed by atoms with van der Waals surface area (Å²) >= 11 is 15.3. The van der Waals surface area contributed by atoms with Crippen molar-refractivity contribution in [3.05, 3.63) is 68.7 Å². The van der Waals surface area contributed by atoms with Crippen molar-refractivity contribution >= 4 is 39.1 Å². The van der Waals surface area contributed by atoms with E-state index in [-0.39, 0.29) is 10.8 Å². The topological polar surface area (TPSA) is 0 Å². The first-order valence-corrected chi connectivity index (χ1v) is 6.63. The fourth-order valence-electron chi connectivity index (χ4n) is 1.56. The molecule has 0 aromatic heterocycles. The number of hydrogen-bond acceptors (Lipinski definition) is 0. The van der Waals surface area contributed by atoms with Crippen LogP contribution in [0.3, 0.4) is 0 Å². The predicted molar refractivity (Wildman–Crippen MR) is 73.2 cm³/mol. The van der Waals surface area contributed by atoms with Gasteiger partial charge in [-0.25, -0.2) is 8.78 Å². The third-order valence-corrected chi connectivity index (χ3v) is 3.89. The highest BCUT2D eigenvalue weighted by molar-refractivity contribution is 9.10. The molecule has 0 saturated carbocycles. The van der Waals surface area contributed by atoms with Crippen molar-refractivity contribution in [1.29, 1.82) is 0 Å². The normalized spacial score (nSPS) is 12.5. The summed E-state index contributed by atoms with van der Waals surface area (Å²) in [6.07, 6.45) is 0. The van der Waals surface area contributed by atoms with Crippen LogP contribution in [0, 0.1) is 11.6 Å². The van der Waals surface area contributed by atoms with Gasteiger partial charge < -0.3 is 0 Å². The molecule has 0 spiro atoms. The van der Waals surface area contributed by atoms with Crippen LogP contribution in [0.25, 0.3) is 0 Å². The van der Waals surface area contributed by atoms with E-state index in [9.17, 15) is 8.78 Å². The van der Waals surface area contributed by atoms with Gasteiger partial charge in [0, 0.05) is 5.02 Å². The Morgan fingerprint density at radius 2 is 1.78 bits per heavy atom. The number of rotatable bonds is 2. The lowest BCUT2D eigenvalue weighted by Crippen LogP contribution is -1.96. The van der Waals surface area contributed by atoms with Crippen LogP contribution in [0.2, 0.25) is 5.02 Å². The Morgan fingerprint density at radius 1 is 1.06 bits per heavy atom. The largest absolute Gasteiger partial charge is 0.207 e. The van der Waals surface area contributed by atoms with Gasteiger partial charge in [0.2, 0.25) is 0 Å². The summed E-state index contributed by atoms with van der Waals surface area (Å²) in [4.78, 5) is 0. The second kappa shape index (κ2) is 5.55. The smallest absolute Gasteiger partial charge is 0.137 e. The van der Waals surface area contributed by atoms with Gasteiger partial charge in [0.1, 0.15) is 11.6 Å². The minimum absolute atomic E-state index is 0.246. The fourth-order valence-corrected chi connectivity index (χ4v) is 2.61. The van der Waals surface area contributed by atoms with E-state index in [0.717, 1.165) is 0 Å². The highest BCUT2D eigenvalue weighted by atomic mass is 79.9. The van der Waals surface area contributed by atoms with Gasteiger partial charge in [-0.2, -0.15) is 0 Å². The van der Waals surface area contributed by atoms with E-state index in [2.05, 4.69) is 15.9 Å². The zero-order valence-corrected chi connectivity index (χ0v) is 12.0.